The summed E-state index contributed by atoms with van der Waals surface area (Å²) in [4.78, 5) is 22.8. The Bertz CT molecular complexity index is 513. The van der Waals surface area contributed by atoms with E-state index in [-0.39, 0.29) is 12.5 Å². The van der Waals surface area contributed by atoms with Crippen LogP contribution in [0.5, 0.6) is 0 Å². The maximum atomic E-state index is 12.0. The predicted molar refractivity (Wildman–Crippen MR) is 73.9 cm³/mol. The Morgan fingerprint density at radius 2 is 2.00 bits per heavy atom. The highest BCUT2D eigenvalue weighted by molar-refractivity contribution is 5.94. The van der Waals surface area contributed by atoms with Crippen LogP contribution >= 0.6 is 0 Å². The van der Waals surface area contributed by atoms with Gasteiger partial charge < -0.3 is 15.2 Å². The molecule has 1 aromatic carbocycles. The number of hydrogen-bond donors (Lipinski definition) is 2. The van der Waals surface area contributed by atoms with Crippen molar-refractivity contribution in [3.8, 4) is 0 Å². The van der Waals surface area contributed by atoms with E-state index in [9.17, 15) is 9.59 Å². The number of amides is 1. The number of carboxylic acids is 1. The van der Waals surface area contributed by atoms with Crippen LogP contribution in [0.1, 0.15) is 34.3 Å². The second-order valence-corrected chi connectivity index (χ2v) is 4.96. The molecule has 0 radical (unpaired) electrons. The van der Waals surface area contributed by atoms with Crippen LogP contribution in [0.25, 0.3) is 0 Å². The van der Waals surface area contributed by atoms with Crippen LogP contribution in [0.2, 0.25) is 0 Å². The first-order valence-corrected chi connectivity index (χ1v) is 6.77. The van der Waals surface area contributed by atoms with Gasteiger partial charge in [0.2, 0.25) is 0 Å². The summed E-state index contributed by atoms with van der Waals surface area (Å²) in [5.74, 6) is -1.35. The lowest BCUT2D eigenvalue weighted by atomic mass is 9.90. The van der Waals surface area contributed by atoms with Gasteiger partial charge in [-0.3, -0.25) is 4.79 Å². The number of methoxy groups -OCH3 is 1. The maximum absolute atomic E-state index is 12.0. The number of aliphatic carboxylic acids is 1. The summed E-state index contributed by atoms with van der Waals surface area (Å²) in [5, 5.41) is 11.4. The van der Waals surface area contributed by atoms with Gasteiger partial charge in [-0.15, -0.1) is 0 Å². The molecule has 2 N–H and O–H groups in total. The Labute approximate surface area is 117 Å². The van der Waals surface area contributed by atoms with Crippen molar-refractivity contribution in [1.29, 1.82) is 0 Å². The van der Waals surface area contributed by atoms with Crippen molar-refractivity contribution in [2.24, 2.45) is 0 Å². The molecule has 1 aliphatic carbocycles. The second-order valence-electron chi connectivity index (χ2n) is 4.96. The molecule has 5 heteroatoms. The van der Waals surface area contributed by atoms with Crippen molar-refractivity contribution in [3.05, 3.63) is 34.9 Å². The smallest absolute Gasteiger partial charge is 0.334 e. The van der Waals surface area contributed by atoms with Gasteiger partial charge in [0, 0.05) is 12.7 Å². The zero-order chi connectivity index (χ0) is 14.5. The molecule has 1 aromatic rings. The number of carbonyl (C=O) groups excluding carboxylic acids is 1. The van der Waals surface area contributed by atoms with E-state index in [1.807, 2.05) is 12.1 Å². The molecule has 0 saturated heterocycles. The molecule has 20 heavy (non-hydrogen) atoms. The Hall–Kier alpha value is -1.88. The lowest BCUT2D eigenvalue weighted by Gasteiger charge is -2.17. The topological polar surface area (TPSA) is 75.6 Å². The van der Waals surface area contributed by atoms with E-state index in [0.717, 1.165) is 19.3 Å². The minimum atomic E-state index is -1.08. The molecule has 0 saturated carbocycles. The Morgan fingerprint density at radius 1 is 1.30 bits per heavy atom. The van der Waals surface area contributed by atoms with E-state index in [4.69, 9.17) is 9.84 Å². The van der Waals surface area contributed by atoms with Gasteiger partial charge in [-0.1, -0.05) is 6.07 Å². The largest absolute Gasteiger partial charge is 0.479 e. The molecule has 1 aliphatic rings. The van der Waals surface area contributed by atoms with Crippen LogP contribution in [-0.4, -0.2) is 36.7 Å². The molecule has 1 unspecified atom stereocenters. The summed E-state index contributed by atoms with van der Waals surface area (Å²) < 4.78 is 4.77. The van der Waals surface area contributed by atoms with Gasteiger partial charge >= 0.3 is 5.97 Å². The number of ether oxygens (including phenoxy) is 1. The highest BCUT2D eigenvalue weighted by atomic mass is 16.5. The van der Waals surface area contributed by atoms with Crippen LogP contribution in [0, 0.1) is 0 Å². The second kappa shape index (κ2) is 6.52. The van der Waals surface area contributed by atoms with Crippen LogP contribution in [0.4, 0.5) is 0 Å². The summed E-state index contributed by atoms with van der Waals surface area (Å²) in [6, 6.07) is 5.70. The van der Waals surface area contributed by atoms with Crippen LogP contribution in [0.15, 0.2) is 18.2 Å². The molecule has 0 aromatic heterocycles. The average Bonchev–Trinajstić information content (AvgIpc) is 2.46. The Kier molecular flexibility index (Phi) is 4.74. The predicted octanol–water partition coefficient (Wildman–Crippen LogP) is 1.39. The first-order valence-electron chi connectivity index (χ1n) is 6.77. The lowest BCUT2D eigenvalue weighted by molar-refractivity contribution is -0.148. The maximum Gasteiger partial charge on any atom is 0.334 e. The molecule has 0 fully saturated rings. The normalized spacial score (nSPS) is 15.2. The van der Waals surface area contributed by atoms with Gasteiger partial charge in [-0.25, -0.2) is 4.79 Å². The van der Waals surface area contributed by atoms with Crippen molar-refractivity contribution < 1.29 is 19.4 Å². The first-order chi connectivity index (χ1) is 9.61. The molecule has 0 spiro atoms. The summed E-state index contributed by atoms with van der Waals surface area (Å²) in [6.07, 6.45) is 3.42. The molecule has 5 nitrogen and oxygen atoms in total. The van der Waals surface area contributed by atoms with Crippen molar-refractivity contribution in [3.63, 3.8) is 0 Å². The highest BCUT2D eigenvalue weighted by Crippen LogP contribution is 2.22. The SMILES string of the molecule is COC(CNC(=O)c1ccc2c(c1)CCCC2)C(=O)O. The third kappa shape index (κ3) is 3.36. The van der Waals surface area contributed by atoms with Crippen molar-refractivity contribution >= 4 is 11.9 Å². The number of hydrogen-bond acceptors (Lipinski definition) is 3. The fraction of sp³-hybridized carbons (Fsp3) is 0.467. The zero-order valence-corrected chi connectivity index (χ0v) is 11.5. The molecule has 0 bridgehead atoms. The standard InChI is InChI=1S/C15H19NO4/c1-20-13(15(18)19)9-16-14(17)12-7-6-10-4-2-3-5-11(10)8-12/h6-8,13H,2-5,9H2,1H3,(H,16,17)(H,18,19). The molecule has 1 amide bonds. The Morgan fingerprint density at radius 3 is 2.65 bits per heavy atom. The van der Waals surface area contributed by atoms with E-state index in [1.165, 1.54) is 24.7 Å². The minimum Gasteiger partial charge on any atom is -0.479 e. The fourth-order valence-corrected chi connectivity index (χ4v) is 2.43. The number of fused-ring (bicyclic) bond motifs is 1. The van der Waals surface area contributed by atoms with Gasteiger partial charge in [0.15, 0.2) is 6.10 Å². The molecule has 0 heterocycles. The molecule has 2 rings (SSSR count). The zero-order valence-electron chi connectivity index (χ0n) is 11.5. The molecule has 108 valence electrons. The third-order valence-corrected chi connectivity index (χ3v) is 3.62. The van der Waals surface area contributed by atoms with Gasteiger partial charge in [-0.2, -0.15) is 0 Å². The van der Waals surface area contributed by atoms with Crippen LogP contribution in [-0.2, 0) is 22.4 Å². The number of carboxylic acid groups (broad SMARTS) is 1. The number of benzene rings is 1. The molecule has 0 aliphatic heterocycles. The van der Waals surface area contributed by atoms with Gasteiger partial charge in [0.25, 0.3) is 5.91 Å². The quantitative estimate of drug-likeness (QED) is 0.853. The molecular weight excluding hydrogens is 258 g/mol. The fourth-order valence-electron chi connectivity index (χ4n) is 2.43. The first kappa shape index (κ1) is 14.5. The highest BCUT2D eigenvalue weighted by Gasteiger charge is 2.18. The summed E-state index contributed by atoms with van der Waals surface area (Å²) in [7, 11) is 1.31. The number of rotatable bonds is 5. The Balaban J connectivity index is 2.00. The number of nitrogens with one attached hydrogen (secondary N) is 1. The average molecular weight is 277 g/mol. The number of aryl methyl sites for hydroxylation is 2. The van der Waals surface area contributed by atoms with E-state index >= 15 is 0 Å². The van der Waals surface area contributed by atoms with Gasteiger partial charge in [0.05, 0.1) is 6.54 Å². The van der Waals surface area contributed by atoms with E-state index in [2.05, 4.69) is 5.32 Å². The van der Waals surface area contributed by atoms with Crippen molar-refractivity contribution in [2.45, 2.75) is 31.8 Å². The van der Waals surface area contributed by atoms with E-state index < -0.39 is 12.1 Å². The molecular formula is C15H19NO4. The number of carbonyl (C=O) groups is 2. The van der Waals surface area contributed by atoms with Gasteiger partial charge in [0.1, 0.15) is 0 Å². The van der Waals surface area contributed by atoms with E-state index in [1.54, 1.807) is 6.07 Å². The monoisotopic (exact) mass is 277 g/mol. The molecule has 1 atom stereocenters. The lowest BCUT2D eigenvalue weighted by Crippen LogP contribution is -2.37. The summed E-state index contributed by atoms with van der Waals surface area (Å²) in [6.45, 7) is -0.0399. The summed E-state index contributed by atoms with van der Waals surface area (Å²) >= 11 is 0. The van der Waals surface area contributed by atoms with Crippen molar-refractivity contribution in [2.75, 3.05) is 13.7 Å². The van der Waals surface area contributed by atoms with Crippen LogP contribution in [0.3, 0.4) is 0 Å². The van der Waals surface area contributed by atoms with Crippen molar-refractivity contribution in [1.82, 2.24) is 5.32 Å². The third-order valence-electron chi connectivity index (χ3n) is 3.62. The van der Waals surface area contributed by atoms with E-state index in [0.29, 0.717) is 5.56 Å². The minimum absolute atomic E-state index is 0.0399. The van der Waals surface area contributed by atoms with Crippen LogP contribution < -0.4 is 5.32 Å². The summed E-state index contributed by atoms with van der Waals surface area (Å²) in [5.41, 5.74) is 3.12. The van der Waals surface area contributed by atoms with Gasteiger partial charge in [-0.05, 0) is 48.9 Å².